The first-order chi connectivity index (χ1) is 17.2. The fraction of sp³-hybridized carbons (Fsp3) is 0.462. The normalized spacial score (nSPS) is 31.2. The van der Waals surface area contributed by atoms with E-state index in [1.54, 1.807) is 26.0 Å². The molecule has 0 aliphatic heterocycles. The zero-order valence-electron chi connectivity index (χ0n) is 21.1. The van der Waals surface area contributed by atoms with Gasteiger partial charge in [-0.05, 0) is 38.1 Å². The van der Waals surface area contributed by atoms with Crippen LogP contribution in [0.25, 0.3) is 0 Å². The van der Waals surface area contributed by atoms with Crippen LogP contribution in [0.2, 0.25) is 0 Å². The zero-order chi connectivity index (χ0) is 27.7. The number of hydrogen-bond acceptors (Lipinski definition) is 10. The van der Waals surface area contributed by atoms with E-state index in [4.69, 9.17) is 10.5 Å². The largest absolute Gasteiger partial charge is 0.510 e. The number of phenolic OH excluding ortho intramolecular Hbond substituents is 1. The third-order valence-corrected chi connectivity index (χ3v) is 7.86. The van der Waals surface area contributed by atoms with Crippen LogP contribution < -0.4 is 5.73 Å². The van der Waals surface area contributed by atoms with E-state index in [9.17, 15) is 39.6 Å². The predicted octanol–water partition coefficient (Wildman–Crippen LogP) is 0.922. The number of carbonyl (C=O) groups excluding carboxylic acids is 4. The van der Waals surface area contributed by atoms with Gasteiger partial charge in [0, 0.05) is 17.9 Å². The molecule has 11 nitrogen and oxygen atoms in total. The van der Waals surface area contributed by atoms with Crippen LogP contribution in [0, 0.1) is 18.8 Å². The number of ketones is 2. The maximum absolute atomic E-state index is 13.8. The zero-order valence-corrected chi connectivity index (χ0v) is 21.1. The maximum atomic E-state index is 13.8. The molecular weight excluding hydrogens is 484 g/mol. The monoisotopic (exact) mass is 514 g/mol. The number of aryl methyl sites for hydroxylation is 1. The van der Waals surface area contributed by atoms with Gasteiger partial charge in [-0.2, -0.15) is 0 Å². The minimum absolute atomic E-state index is 0.0762. The van der Waals surface area contributed by atoms with Crippen LogP contribution in [0.3, 0.4) is 0 Å². The van der Waals surface area contributed by atoms with E-state index in [1.807, 2.05) is 0 Å². The Morgan fingerprint density at radius 2 is 1.78 bits per heavy atom. The number of aromatic hydroxyl groups is 1. The molecular formula is C26H30N2O9. The minimum atomic E-state index is -2.94. The Morgan fingerprint density at radius 3 is 2.32 bits per heavy atom. The van der Waals surface area contributed by atoms with E-state index in [-0.39, 0.29) is 17.7 Å². The molecule has 0 radical (unpaired) electrons. The van der Waals surface area contributed by atoms with Gasteiger partial charge in [-0.15, -0.1) is 0 Å². The summed E-state index contributed by atoms with van der Waals surface area (Å²) in [4.78, 5) is 53.5. The van der Waals surface area contributed by atoms with Crippen LogP contribution in [0.1, 0.15) is 47.7 Å². The predicted molar refractivity (Wildman–Crippen MR) is 129 cm³/mol. The number of esters is 1. The number of carbonyl (C=O) groups is 4. The SMILES string of the molecule is CCC(=O)OC1C2C(=C(O)C3(O)C(=O)C(C(N)=O)=C(O)C(N(C)C)C13)C(=O)c1c(ccc(C)c1O)C2C. The third-order valence-electron chi connectivity index (χ3n) is 7.86. The fourth-order valence-electron chi connectivity index (χ4n) is 6.07. The Morgan fingerprint density at radius 1 is 1.16 bits per heavy atom. The topological polar surface area (TPSA) is 188 Å². The van der Waals surface area contributed by atoms with Crippen molar-refractivity contribution in [1.29, 1.82) is 0 Å². The number of phenols is 1. The maximum Gasteiger partial charge on any atom is 0.305 e. The van der Waals surface area contributed by atoms with E-state index in [0.717, 1.165) is 0 Å². The Labute approximate surface area is 212 Å². The Hall–Kier alpha value is -3.70. The van der Waals surface area contributed by atoms with Gasteiger partial charge in [-0.1, -0.05) is 26.0 Å². The highest BCUT2D eigenvalue weighted by Crippen LogP contribution is 2.56. The van der Waals surface area contributed by atoms with Crippen molar-refractivity contribution in [3.63, 3.8) is 0 Å². The Balaban J connectivity index is 2.12. The van der Waals surface area contributed by atoms with Gasteiger partial charge in [0.05, 0.1) is 17.5 Å². The number of ether oxygens (including phenoxy) is 1. The molecule has 3 aliphatic carbocycles. The Bertz CT molecular complexity index is 1310. The first kappa shape index (κ1) is 26.4. The van der Waals surface area contributed by atoms with Crippen molar-refractivity contribution in [3.8, 4) is 5.75 Å². The molecule has 4 rings (SSSR count). The molecule has 1 amide bonds. The van der Waals surface area contributed by atoms with Gasteiger partial charge < -0.3 is 30.9 Å². The van der Waals surface area contributed by atoms with Crippen LogP contribution in [0.4, 0.5) is 0 Å². The van der Waals surface area contributed by atoms with Gasteiger partial charge in [0.1, 0.15) is 28.9 Å². The number of nitrogens with zero attached hydrogens (tertiary/aromatic N) is 1. The number of Topliss-reactive ketones (excluding diaryl/α,β-unsaturated/α-hetero) is 2. The van der Waals surface area contributed by atoms with E-state index in [0.29, 0.717) is 11.1 Å². The minimum Gasteiger partial charge on any atom is -0.510 e. The van der Waals surface area contributed by atoms with Gasteiger partial charge >= 0.3 is 5.97 Å². The first-order valence-electron chi connectivity index (χ1n) is 11.9. The number of nitrogens with two attached hydrogens (primary N) is 1. The average Bonchev–Trinajstić information content (AvgIpc) is 2.82. The smallest absolute Gasteiger partial charge is 0.305 e. The summed E-state index contributed by atoms with van der Waals surface area (Å²) in [6, 6.07) is 1.97. The average molecular weight is 515 g/mol. The molecule has 0 spiro atoms. The van der Waals surface area contributed by atoms with E-state index >= 15 is 0 Å². The molecule has 0 aromatic heterocycles. The first-order valence-corrected chi connectivity index (χ1v) is 11.9. The number of rotatable bonds is 4. The molecule has 0 saturated heterocycles. The second-order valence-corrected chi connectivity index (χ2v) is 10.1. The molecule has 1 aromatic rings. The number of amides is 1. The summed E-state index contributed by atoms with van der Waals surface area (Å²) in [5.74, 6) is -9.62. The quantitative estimate of drug-likeness (QED) is 0.285. The summed E-state index contributed by atoms with van der Waals surface area (Å²) < 4.78 is 5.77. The van der Waals surface area contributed by atoms with E-state index in [1.165, 1.54) is 25.9 Å². The number of aliphatic hydroxyl groups excluding tert-OH is 2. The summed E-state index contributed by atoms with van der Waals surface area (Å²) >= 11 is 0. The molecule has 0 heterocycles. The van der Waals surface area contributed by atoms with E-state index < -0.39 is 81.6 Å². The highest BCUT2D eigenvalue weighted by Gasteiger charge is 2.68. The van der Waals surface area contributed by atoms with Gasteiger partial charge in [-0.25, -0.2) is 0 Å². The van der Waals surface area contributed by atoms with Crippen molar-refractivity contribution >= 4 is 23.4 Å². The molecule has 0 saturated carbocycles. The van der Waals surface area contributed by atoms with E-state index in [2.05, 4.69) is 0 Å². The van der Waals surface area contributed by atoms with Crippen molar-refractivity contribution in [2.45, 2.75) is 50.9 Å². The second kappa shape index (κ2) is 8.70. The molecule has 0 bridgehead atoms. The number of benzene rings is 1. The number of aliphatic hydroxyl groups is 3. The van der Waals surface area contributed by atoms with Crippen LogP contribution in [0.15, 0.2) is 34.8 Å². The molecule has 37 heavy (non-hydrogen) atoms. The lowest BCUT2D eigenvalue weighted by molar-refractivity contribution is -0.180. The standard InChI is InChI=1S/C26H30N2O9/c1-6-12(29)37-22-13-10(3)11-8-7-9(2)19(30)14(11)20(31)15(13)23(33)26(36)17(22)18(28(4)5)21(32)16(24(26)34)25(27)35/h7-8,10,13,17-18,22,30,32-33,36H,6H2,1-5H3,(H2,27,35). The highest BCUT2D eigenvalue weighted by molar-refractivity contribution is 6.25. The van der Waals surface area contributed by atoms with Crippen LogP contribution in [-0.4, -0.2) is 80.6 Å². The molecule has 6 atom stereocenters. The Kier molecular flexibility index (Phi) is 6.20. The van der Waals surface area contributed by atoms with Crippen molar-refractivity contribution in [2.24, 2.45) is 17.6 Å². The number of primary amides is 1. The van der Waals surface area contributed by atoms with Crippen LogP contribution in [-0.2, 0) is 19.1 Å². The van der Waals surface area contributed by atoms with Crippen molar-refractivity contribution in [2.75, 3.05) is 14.1 Å². The molecule has 198 valence electrons. The summed E-state index contributed by atoms with van der Waals surface area (Å²) in [5.41, 5.74) is 1.80. The number of fused-ring (bicyclic) bond motifs is 3. The lowest BCUT2D eigenvalue weighted by Gasteiger charge is -2.54. The van der Waals surface area contributed by atoms with Crippen LogP contribution >= 0.6 is 0 Å². The molecule has 6 unspecified atom stereocenters. The number of hydrogen-bond donors (Lipinski definition) is 5. The fourth-order valence-corrected chi connectivity index (χ4v) is 6.07. The molecule has 3 aliphatic rings. The van der Waals surface area contributed by atoms with Crippen molar-refractivity contribution in [3.05, 3.63) is 51.5 Å². The third kappa shape index (κ3) is 3.41. The highest BCUT2D eigenvalue weighted by atomic mass is 16.5. The van der Waals surface area contributed by atoms with Crippen LogP contribution in [0.5, 0.6) is 5.75 Å². The summed E-state index contributed by atoms with van der Waals surface area (Å²) in [5, 5.41) is 45.1. The van der Waals surface area contributed by atoms with Gasteiger partial charge in [0.15, 0.2) is 11.4 Å². The van der Waals surface area contributed by atoms with Gasteiger partial charge in [0.2, 0.25) is 5.78 Å². The lowest BCUT2D eigenvalue weighted by Crippen LogP contribution is -2.69. The summed E-state index contributed by atoms with van der Waals surface area (Å²) in [7, 11) is 2.99. The molecule has 6 N–H and O–H groups in total. The second-order valence-electron chi connectivity index (χ2n) is 10.1. The molecule has 11 heteroatoms. The lowest BCUT2D eigenvalue weighted by atomic mass is 9.55. The summed E-state index contributed by atoms with van der Waals surface area (Å²) in [6.07, 6.45) is -1.47. The van der Waals surface area contributed by atoms with Crippen molar-refractivity contribution in [1.82, 2.24) is 4.90 Å². The number of likely N-dealkylation sites (N-methyl/N-ethyl adjacent to an activating group) is 1. The molecule has 1 aromatic carbocycles. The molecule has 0 fully saturated rings. The van der Waals surface area contributed by atoms with Crippen molar-refractivity contribution < 1.29 is 44.3 Å². The van der Waals surface area contributed by atoms with Gasteiger partial charge in [0.25, 0.3) is 5.91 Å². The summed E-state index contributed by atoms with van der Waals surface area (Å²) in [6.45, 7) is 4.83. The van der Waals surface area contributed by atoms with Gasteiger partial charge in [-0.3, -0.25) is 24.1 Å².